The molecule has 1 aromatic heterocycles. The lowest BCUT2D eigenvalue weighted by Crippen LogP contribution is -2.39. The fourth-order valence-corrected chi connectivity index (χ4v) is 3.79. The number of nitrogens with zero attached hydrogens (tertiary/aromatic N) is 1. The normalized spacial score (nSPS) is 15.5. The number of hydrogen-bond acceptors (Lipinski definition) is 3. The summed E-state index contributed by atoms with van der Waals surface area (Å²) < 4.78 is 0. The summed E-state index contributed by atoms with van der Waals surface area (Å²) >= 11 is 0. The Hall–Kier alpha value is -2.14. The second-order valence-electron chi connectivity index (χ2n) is 7.33. The van der Waals surface area contributed by atoms with Gasteiger partial charge in [-0.05, 0) is 43.8 Å². The molecule has 1 amide bonds. The van der Waals surface area contributed by atoms with Crippen molar-refractivity contribution in [2.24, 2.45) is 0 Å². The predicted molar refractivity (Wildman–Crippen MR) is 105 cm³/mol. The molecule has 140 valence electrons. The van der Waals surface area contributed by atoms with Gasteiger partial charge >= 0.3 is 0 Å². The number of fused-ring (bicyclic) bond motifs is 1. The Morgan fingerprint density at radius 1 is 1.23 bits per heavy atom. The SMILES string of the molecule is CN(CCNC(=O)CCc1cc2ccccc2[nH]c1=O)C1CCCCC1. The maximum Gasteiger partial charge on any atom is 0.251 e. The van der Waals surface area contributed by atoms with Crippen molar-refractivity contribution in [2.45, 2.75) is 51.0 Å². The number of amides is 1. The second kappa shape index (κ2) is 8.99. The predicted octanol–water partition coefficient (Wildman–Crippen LogP) is 2.84. The summed E-state index contributed by atoms with van der Waals surface area (Å²) in [5.41, 5.74) is 1.39. The molecule has 2 N–H and O–H groups in total. The number of H-pyrrole nitrogens is 1. The average Bonchev–Trinajstić information content (AvgIpc) is 2.67. The molecule has 1 aliphatic rings. The summed E-state index contributed by atoms with van der Waals surface area (Å²) in [6.45, 7) is 1.55. The lowest BCUT2D eigenvalue weighted by molar-refractivity contribution is -0.121. The van der Waals surface area contributed by atoms with Crippen LogP contribution in [0.2, 0.25) is 0 Å². The first-order valence-corrected chi connectivity index (χ1v) is 9.71. The number of carbonyl (C=O) groups excluding carboxylic acids is 1. The lowest BCUT2D eigenvalue weighted by atomic mass is 9.94. The molecule has 1 saturated carbocycles. The molecule has 0 saturated heterocycles. The number of para-hydroxylation sites is 1. The Balaban J connectivity index is 1.44. The molecule has 0 aliphatic heterocycles. The number of nitrogens with one attached hydrogen (secondary N) is 2. The summed E-state index contributed by atoms with van der Waals surface area (Å²) in [6.07, 6.45) is 7.35. The van der Waals surface area contributed by atoms with Gasteiger partial charge in [-0.15, -0.1) is 0 Å². The topological polar surface area (TPSA) is 65.2 Å². The van der Waals surface area contributed by atoms with Crippen LogP contribution in [0.25, 0.3) is 10.9 Å². The molecule has 2 aromatic rings. The molecule has 1 fully saturated rings. The Kier molecular flexibility index (Phi) is 6.45. The first-order valence-electron chi connectivity index (χ1n) is 9.71. The van der Waals surface area contributed by atoms with Crippen molar-refractivity contribution < 1.29 is 4.79 Å². The molecule has 1 aliphatic carbocycles. The minimum absolute atomic E-state index is 0.00889. The number of pyridine rings is 1. The van der Waals surface area contributed by atoms with Gasteiger partial charge in [0.15, 0.2) is 0 Å². The highest BCUT2D eigenvalue weighted by Crippen LogP contribution is 2.21. The molecule has 5 nitrogen and oxygen atoms in total. The maximum absolute atomic E-state index is 12.1. The van der Waals surface area contributed by atoms with Crippen LogP contribution >= 0.6 is 0 Å². The first kappa shape index (κ1) is 18.6. The third kappa shape index (κ3) is 4.94. The van der Waals surface area contributed by atoms with Gasteiger partial charge in [-0.1, -0.05) is 37.5 Å². The number of hydrogen-bond donors (Lipinski definition) is 2. The van der Waals surface area contributed by atoms with Crippen LogP contribution in [-0.2, 0) is 11.2 Å². The zero-order valence-corrected chi connectivity index (χ0v) is 15.6. The van der Waals surface area contributed by atoms with E-state index in [0.29, 0.717) is 31.0 Å². The van der Waals surface area contributed by atoms with Crippen LogP contribution in [0, 0.1) is 0 Å². The van der Waals surface area contributed by atoms with E-state index in [2.05, 4.69) is 22.2 Å². The van der Waals surface area contributed by atoms with E-state index in [-0.39, 0.29) is 11.5 Å². The van der Waals surface area contributed by atoms with Crippen molar-refractivity contribution in [3.05, 3.63) is 46.2 Å². The quantitative estimate of drug-likeness (QED) is 0.803. The molecular formula is C21H29N3O2. The molecular weight excluding hydrogens is 326 g/mol. The molecule has 0 atom stereocenters. The van der Waals surface area contributed by atoms with Crippen molar-refractivity contribution in [1.82, 2.24) is 15.2 Å². The van der Waals surface area contributed by atoms with Gasteiger partial charge in [0, 0.05) is 36.6 Å². The minimum Gasteiger partial charge on any atom is -0.355 e. The number of carbonyl (C=O) groups is 1. The molecule has 5 heteroatoms. The van der Waals surface area contributed by atoms with E-state index < -0.39 is 0 Å². The van der Waals surface area contributed by atoms with Crippen molar-refractivity contribution in [1.29, 1.82) is 0 Å². The van der Waals surface area contributed by atoms with E-state index in [1.807, 2.05) is 30.3 Å². The molecule has 3 rings (SSSR count). The zero-order valence-electron chi connectivity index (χ0n) is 15.6. The maximum atomic E-state index is 12.1. The van der Waals surface area contributed by atoms with E-state index >= 15 is 0 Å². The van der Waals surface area contributed by atoms with Gasteiger partial charge in [-0.25, -0.2) is 0 Å². The standard InChI is InChI=1S/C21H29N3O2/c1-24(18-8-3-2-4-9-18)14-13-22-20(25)12-11-17-15-16-7-5-6-10-19(16)23-21(17)26/h5-7,10,15,18H,2-4,8-9,11-14H2,1H3,(H,22,25)(H,23,26). The smallest absolute Gasteiger partial charge is 0.251 e. The number of likely N-dealkylation sites (N-methyl/N-ethyl adjacent to an activating group) is 1. The van der Waals surface area contributed by atoms with Crippen LogP contribution < -0.4 is 10.9 Å². The van der Waals surface area contributed by atoms with Crippen LogP contribution in [0.4, 0.5) is 0 Å². The van der Waals surface area contributed by atoms with Gasteiger partial charge in [0.2, 0.25) is 5.91 Å². The van der Waals surface area contributed by atoms with Gasteiger partial charge in [-0.3, -0.25) is 9.59 Å². The van der Waals surface area contributed by atoms with Crippen LogP contribution in [0.5, 0.6) is 0 Å². The average molecular weight is 355 g/mol. The number of aryl methyl sites for hydroxylation is 1. The van der Waals surface area contributed by atoms with E-state index in [1.54, 1.807) is 0 Å². The monoisotopic (exact) mass is 355 g/mol. The first-order chi connectivity index (χ1) is 12.6. The van der Waals surface area contributed by atoms with Gasteiger partial charge in [0.25, 0.3) is 5.56 Å². The fourth-order valence-electron chi connectivity index (χ4n) is 3.79. The third-order valence-corrected chi connectivity index (χ3v) is 5.44. The summed E-state index contributed by atoms with van der Waals surface area (Å²) in [7, 11) is 2.15. The van der Waals surface area contributed by atoms with Crippen molar-refractivity contribution in [2.75, 3.05) is 20.1 Å². The highest BCUT2D eigenvalue weighted by Gasteiger charge is 2.17. The lowest BCUT2D eigenvalue weighted by Gasteiger charge is -2.31. The molecule has 0 radical (unpaired) electrons. The van der Waals surface area contributed by atoms with Crippen molar-refractivity contribution in [3.8, 4) is 0 Å². The van der Waals surface area contributed by atoms with Gasteiger partial charge in [0.1, 0.15) is 0 Å². The number of aromatic amines is 1. The summed E-state index contributed by atoms with van der Waals surface area (Å²) in [6, 6.07) is 10.2. The highest BCUT2D eigenvalue weighted by molar-refractivity contribution is 5.79. The second-order valence-corrected chi connectivity index (χ2v) is 7.33. The molecule has 1 heterocycles. The van der Waals surface area contributed by atoms with E-state index in [1.165, 1.54) is 32.1 Å². The van der Waals surface area contributed by atoms with Crippen LogP contribution in [0.3, 0.4) is 0 Å². The van der Waals surface area contributed by atoms with Gasteiger partial charge in [0.05, 0.1) is 0 Å². The third-order valence-electron chi connectivity index (χ3n) is 5.44. The summed E-state index contributed by atoms with van der Waals surface area (Å²) in [5.74, 6) is 0.00889. The zero-order chi connectivity index (χ0) is 18.4. The van der Waals surface area contributed by atoms with E-state index in [4.69, 9.17) is 0 Å². The van der Waals surface area contributed by atoms with Crippen molar-refractivity contribution in [3.63, 3.8) is 0 Å². The largest absolute Gasteiger partial charge is 0.355 e. The Morgan fingerprint density at radius 3 is 2.81 bits per heavy atom. The van der Waals surface area contributed by atoms with Crippen molar-refractivity contribution >= 4 is 16.8 Å². The van der Waals surface area contributed by atoms with Crippen LogP contribution in [0.15, 0.2) is 35.1 Å². The van der Waals surface area contributed by atoms with E-state index in [9.17, 15) is 9.59 Å². The fraction of sp³-hybridized carbons (Fsp3) is 0.524. The number of rotatable bonds is 7. The molecule has 26 heavy (non-hydrogen) atoms. The Morgan fingerprint density at radius 2 is 2.00 bits per heavy atom. The molecule has 0 bridgehead atoms. The van der Waals surface area contributed by atoms with Gasteiger partial charge in [-0.2, -0.15) is 0 Å². The van der Waals surface area contributed by atoms with Crippen LogP contribution in [-0.4, -0.2) is 42.0 Å². The van der Waals surface area contributed by atoms with Crippen LogP contribution in [0.1, 0.15) is 44.1 Å². The molecule has 1 aromatic carbocycles. The Labute approximate surface area is 154 Å². The number of aromatic nitrogens is 1. The number of benzene rings is 1. The minimum atomic E-state index is -0.103. The Bertz CT molecular complexity index is 793. The van der Waals surface area contributed by atoms with E-state index in [0.717, 1.165) is 17.4 Å². The molecule has 0 spiro atoms. The highest BCUT2D eigenvalue weighted by atomic mass is 16.1. The molecule has 0 unspecified atom stereocenters. The van der Waals surface area contributed by atoms with Gasteiger partial charge < -0.3 is 15.2 Å². The summed E-state index contributed by atoms with van der Waals surface area (Å²) in [5, 5.41) is 3.98. The summed E-state index contributed by atoms with van der Waals surface area (Å²) in [4.78, 5) is 29.5.